The number of aliphatic hydroxyl groups excluding tert-OH is 1. The second-order valence-corrected chi connectivity index (χ2v) is 7.70. The Bertz CT molecular complexity index is 1000. The fraction of sp³-hybridized carbons (Fsp3) is 0.300. The van der Waals surface area contributed by atoms with E-state index in [0.29, 0.717) is 4.88 Å². The fourth-order valence-corrected chi connectivity index (χ4v) is 3.98. The minimum atomic E-state index is -0.261. The standard InChI is InChI=1S/C20H22N4O2S/c1-12(10-25)23-20(26)18-8-16(11-27-18)15-6-14-7-17(24-19(14)22-9-15)13-2-4-21-5-3-13/h2,6-9,11-12,21,25H,3-5,10H2,1H3,(H,22,24)(H,23,26)/t12-/m0/s1. The first-order chi connectivity index (χ1) is 13.1. The molecular formula is C20H22N4O2S. The Labute approximate surface area is 161 Å². The lowest BCUT2D eigenvalue weighted by atomic mass is 10.1. The molecule has 140 valence electrons. The summed E-state index contributed by atoms with van der Waals surface area (Å²) < 4.78 is 0. The molecule has 0 unspecified atom stereocenters. The van der Waals surface area contributed by atoms with Crippen molar-refractivity contribution in [2.75, 3.05) is 19.7 Å². The first-order valence-corrected chi connectivity index (χ1v) is 9.91. The Morgan fingerprint density at radius 2 is 2.26 bits per heavy atom. The Morgan fingerprint density at radius 3 is 3.04 bits per heavy atom. The van der Waals surface area contributed by atoms with E-state index in [0.717, 1.165) is 47.4 Å². The first-order valence-electron chi connectivity index (χ1n) is 9.03. The summed E-state index contributed by atoms with van der Waals surface area (Å²) >= 11 is 1.39. The molecule has 1 atom stereocenters. The number of amides is 1. The van der Waals surface area contributed by atoms with E-state index in [1.807, 2.05) is 17.6 Å². The van der Waals surface area contributed by atoms with Crippen molar-refractivity contribution >= 4 is 33.9 Å². The lowest BCUT2D eigenvalue weighted by Crippen LogP contribution is -2.34. The number of carbonyl (C=O) groups excluding carboxylic acids is 1. The van der Waals surface area contributed by atoms with Gasteiger partial charge >= 0.3 is 0 Å². The van der Waals surface area contributed by atoms with Gasteiger partial charge < -0.3 is 20.7 Å². The summed E-state index contributed by atoms with van der Waals surface area (Å²) in [5.41, 5.74) is 5.27. The van der Waals surface area contributed by atoms with Gasteiger partial charge in [0.1, 0.15) is 5.65 Å². The molecule has 0 radical (unpaired) electrons. The average molecular weight is 382 g/mol. The smallest absolute Gasteiger partial charge is 0.261 e. The van der Waals surface area contributed by atoms with Crippen LogP contribution in [0.15, 0.2) is 35.9 Å². The number of nitrogens with zero attached hydrogens (tertiary/aromatic N) is 1. The van der Waals surface area contributed by atoms with Gasteiger partial charge in [0.2, 0.25) is 0 Å². The lowest BCUT2D eigenvalue weighted by molar-refractivity contribution is 0.0926. The molecule has 4 N–H and O–H groups in total. The van der Waals surface area contributed by atoms with Gasteiger partial charge in [-0.1, -0.05) is 6.08 Å². The van der Waals surface area contributed by atoms with Gasteiger partial charge in [0, 0.05) is 35.4 Å². The van der Waals surface area contributed by atoms with Gasteiger partial charge in [-0.05, 0) is 54.6 Å². The van der Waals surface area contributed by atoms with E-state index < -0.39 is 0 Å². The monoisotopic (exact) mass is 382 g/mol. The summed E-state index contributed by atoms with van der Waals surface area (Å²) in [6.07, 6.45) is 5.06. The van der Waals surface area contributed by atoms with Crippen LogP contribution in [-0.4, -0.2) is 46.7 Å². The number of hydrogen-bond acceptors (Lipinski definition) is 5. The van der Waals surface area contributed by atoms with Gasteiger partial charge in [-0.2, -0.15) is 0 Å². The molecule has 0 fully saturated rings. The van der Waals surface area contributed by atoms with Crippen molar-refractivity contribution in [2.24, 2.45) is 0 Å². The zero-order valence-corrected chi connectivity index (χ0v) is 15.9. The molecule has 0 aliphatic carbocycles. The molecule has 1 amide bonds. The first kappa shape index (κ1) is 17.9. The van der Waals surface area contributed by atoms with Crippen molar-refractivity contribution in [1.82, 2.24) is 20.6 Å². The molecule has 6 nitrogen and oxygen atoms in total. The van der Waals surface area contributed by atoms with Crippen molar-refractivity contribution in [2.45, 2.75) is 19.4 Å². The number of fused-ring (bicyclic) bond motifs is 1. The number of carbonyl (C=O) groups is 1. The van der Waals surface area contributed by atoms with E-state index >= 15 is 0 Å². The molecule has 0 aromatic carbocycles. The Kier molecular flexibility index (Phi) is 5.07. The van der Waals surface area contributed by atoms with E-state index in [2.05, 4.69) is 38.8 Å². The van der Waals surface area contributed by atoms with E-state index in [-0.39, 0.29) is 18.6 Å². The summed E-state index contributed by atoms with van der Waals surface area (Å²) in [6.45, 7) is 3.59. The number of aliphatic hydroxyl groups is 1. The number of nitrogens with one attached hydrogen (secondary N) is 3. The van der Waals surface area contributed by atoms with Crippen LogP contribution in [-0.2, 0) is 0 Å². The van der Waals surface area contributed by atoms with Gasteiger partial charge in [0.25, 0.3) is 5.91 Å². The number of rotatable bonds is 5. The molecule has 7 heteroatoms. The highest BCUT2D eigenvalue weighted by molar-refractivity contribution is 7.12. The predicted octanol–water partition coefficient (Wildman–Crippen LogP) is 2.78. The van der Waals surface area contributed by atoms with Crippen LogP contribution in [0.25, 0.3) is 27.7 Å². The Balaban J connectivity index is 1.59. The number of H-pyrrole nitrogens is 1. The molecule has 1 aliphatic heterocycles. The number of thiophene rings is 1. The predicted molar refractivity (Wildman–Crippen MR) is 109 cm³/mol. The van der Waals surface area contributed by atoms with Gasteiger partial charge in [0.05, 0.1) is 11.5 Å². The number of aromatic nitrogens is 2. The van der Waals surface area contributed by atoms with Crippen LogP contribution in [0.4, 0.5) is 0 Å². The van der Waals surface area contributed by atoms with Gasteiger partial charge in [-0.15, -0.1) is 11.3 Å². The SMILES string of the molecule is C[C@@H](CO)NC(=O)c1cc(-c2cnc3[nH]c(C4=CCNCC4)cc3c2)cs1. The third kappa shape index (κ3) is 3.80. The van der Waals surface area contributed by atoms with Crippen molar-refractivity contribution in [3.05, 3.63) is 46.4 Å². The number of pyridine rings is 1. The molecule has 4 heterocycles. The highest BCUT2D eigenvalue weighted by Gasteiger charge is 2.14. The Hall–Kier alpha value is -2.48. The number of aromatic amines is 1. The van der Waals surface area contributed by atoms with Crippen molar-refractivity contribution < 1.29 is 9.90 Å². The van der Waals surface area contributed by atoms with Crippen molar-refractivity contribution in [3.63, 3.8) is 0 Å². The molecule has 1 aliphatic rings. The molecule has 0 bridgehead atoms. The van der Waals surface area contributed by atoms with E-state index in [1.54, 1.807) is 6.92 Å². The summed E-state index contributed by atoms with van der Waals surface area (Å²) in [7, 11) is 0. The lowest BCUT2D eigenvalue weighted by Gasteiger charge is -2.12. The van der Waals surface area contributed by atoms with Crippen molar-refractivity contribution in [1.29, 1.82) is 0 Å². The van der Waals surface area contributed by atoms with Crippen LogP contribution in [0, 0.1) is 0 Å². The van der Waals surface area contributed by atoms with Crippen LogP contribution >= 0.6 is 11.3 Å². The van der Waals surface area contributed by atoms with Gasteiger partial charge in [-0.25, -0.2) is 4.98 Å². The largest absolute Gasteiger partial charge is 0.394 e. The molecule has 4 rings (SSSR count). The van der Waals surface area contributed by atoms with E-state index in [1.165, 1.54) is 16.9 Å². The van der Waals surface area contributed by atoms with Crippen LogP contribution in [0.1, 0.15) is 28.7 Å². The van der Waals surface area contributed by atoms with Gasteiger partial charge in [-0.3, -0.25) is 4.79 Å². The normalized spacial score (nSPS) is 15.6. The average Bonchev–Trinajstić information content (AvgIpc) is 3.35. The highest BCUT2D eigenvalue weighted by atomic mass is 32.1. The third-order valence-corrected chi connectivity index (χ3v) is 5.62. The summed E-state index contributed by atoms with van der Waals surface area (Å²) in [6, 6.07) is 5.86. The van der Waals surface area contributed by atoms with Crippen LogP contribution in [0.3, 0.4) is 0 Å². The van der Waals surface area contributed by atoms with E-state index in [9.17, 15) is 4.79 Å². The molecule has 0 saturated carbocycles. The molecule has 3 aromatic heterocycles. The van der Waals surface area contributed by atoms with Crippen LogP contribution in [0.5, 0.6) is 0 Å². The number of hydrogen-bond donors (Lipinski definition) is 4. The topological polar surface area (TPSA) is 90.0 Å². The third-order valence-electron chi connectivity index (χ3n) is 4.69. The maximum atomic E-state index is 12.2. The molecule has 0 spiro atoms. The fourth-order valence-electron chi connectivity index (χ4n) is 3.16. The van der Waals surface area contributed by atoms with Crippen LogP contribution in [0.2, 0.25) is 0 Å². The minimum absolute atomic E-state index is 0.0765. The summed E-state index contributed by atoms with van der Waals surface area (Å²) in [5.74, 6) is -0.163. The molecule has 0 saturated heterocycles. The van der Waals surface area contributed by atoms with Gasteiger partial charge in [0.15, 0.2) is 0 Å². The van der Waals surface area contributed by atoms with Crippen molar-refractivity contribution in [3.8, 4) is 11.1 Å². The van der Waals surface area contributed by atoms with Crippen LogP contribution < -0.4 is 10.6 Å². The second kappa shape index (κ2) is 7.64. The molecule has 3 aromatic rings. The zero-order chi connectivity index (χ0) is 18.8. The quantitative estimate of drug-likeness (QED) is 0.546. The second-order valence-electron chi connectivity index (χ2n) is 6.79. The summed E-state index contributed by atoms with van der Waals surface area (Å²) in [4.78, 5) is 20.8. The summed E-state index contributed by atoms with van der Waals surface area (Å²) in [5, 5.41) is 18.2. The molecule has 27 heavy (non-hydrogen) atoms. The zero-order valence-electron chi connectivity index (χ0n) is 15.1. The van der Waals surface area contributed by atoms with E-state index in [4.69, 9.17) is 5.11 Å². The maximum absolute atomic E-state index is 12.2. The molecular weight excluding hydrogens is 360 g/mol. The highest BCUT2D eigenvalue weighted by Crippen LogP contribution is 2.29. The maximum Gasteiger partial charge on any atom is 0.261 e. The minimum Gasteiger partial charge on any atom is -0.394 e. The Morgan fingerprint density at radius 1 is 1.37 bits per heavy atom.